The molecule has 1 aliphatic heterocycles. The fourth-order valence-electron chi connectivity index (χ4n) is 2.00. The lowest BCUT2D eigenvalue weighted by Crippen LogP contribution is -2.18. The molecule has 0 radical (unpaired) electrons. The van der Waals surface area contributed by atoms with Crippen LogP contribution < -0.4 is 5.32 Å². The SMILES string of the molecule is O=C1CCC(=[SH]c2ccc3ccccc3c2)N1. The van der Waals surface area contributed by atoms with E-state index in [0.717, 1.165) is 22.8 Å². The normalized spacial score (nSPS) is 18.1. The number of rotatable bonds is 1. The van der Waals surface area contributed by atoms with Crippen LogP contribution >= 0.6 is 11.4 Å². The van der Waals surface area contributed by atoms with E-state index < -0.39 is 0 Å². The number of fused-ring (bicyclic) bond motifs is 1. The molecule has 3 rings (SSSR count). The first-order valence-electron chi connectivity index (χ1n) is 5.67. The molecule has 1 aliphatic rings. The maximum Gasteiger partial charge on any atom is 0.224 e. The van der Waals surface area contributed by atoms with Crippen molar-refractivity contribution in [3.05, 3.63) is 42.5 Å². The van der Waals surface area contributed by atoms with E-state index in [2.05, 4.69) is 35.6 Å². The Kier molecular flexibility index (Phi) is 2.69. The van der Waals surface area contributed by atoms with E-state index >= 15 is 0 Å². The summed E-state index contributed by atoms with van der Waals surface area (Å²) in [5.41, 5.74) is 0. The van der Waals surface area contributed by atoms with Gasteiger partial charge in [0.1, 0.15) is 0 Å². The molecule has 2 aromatic carbocycles. The number of nitrogens with one attached hydrogen (secondary N) is 1. The lowest BCUT2D eigenvalue weighted by atomic mass is 10.1. The van der Waals surface area contributed by atoms with Crippen LogP contribution in [0.3, 0.4) is 0 Å². The van der Waals surface area contributed by atoms with E-state index in [-0.39, 0.29) is 5.91 Å². The first-order chi connectivity index (χ1) is 8.31. The van der Waals surface area contributed by atoms with Gasteiger partial charge in [0.15, 0.2) is 0 Å². The molecule has 1 amide bonds. The fraction of sp³-hybridized carbons (Fsp3) is 0.143. The summed E-state index contributed by atoms with van der Waals surface area (Å²) in [5, 5.41) is 5.42. The second-order valence-electron chi connectivity index (χ2n) is 4.14. The Hall–Kier alpha value is -1.61. The molecule has 1 N–H and O–H groups in total. The third-order valence-electron chi connectivity index (χ3n) is 2.87. The number of thiol groups is 1. The van der Waals surface area contributed by atoms with Crippen LogP contribution in [0, 0.1) is 0 Å². The zero-order valence-electron chi connectivity index (χ0n) is 9.31. The van der Waals surface area contributed by atoms with Crippen molar-refractivity contribution in [2.45, 2.75) is 17.7 Å². The second-order valence-corrected chi connectivity index (χ2v) is 5.42. The van der Waals surface area contributed by atoms with Crippen LogP contribution in [0.2, 0.25) is 0 Å². The van der Waals surface area contributed by atoms with Crippen molar-refractivity contribution < 1.29 is 4.79 Å². The molecule has 3 heteroatoms. The molecule has 0 spiro atoms. The minimum Gasteiger partial charge on any atom is -0.325 e. The summed E-state index contributed by atoms with van der Waals surface area (Å²) >= 11 is 1.12. The zero-order valence-corrected chi connectivity index (χ0v) is 10.2. The van der Waals surface area contributed by atoms with Crippen molar-refractivity contribution in [1.82, 2.24) is 5.32 Å². The Balaban J connectivity index is 1.98. The summed E-state index contributed by atoms with van der Waals surface area (Å²) in [6.07, 6.45) is 1.50. The predicted molar refractivity (Wildman–Crippen MR) is 73.6 cm³/mol. The lowest BCUT2D eigenvalue weighted by molar-refractivity contribution is -0.118. The Labute approximate surface area is 104 Å². The number of hydrogen-bond acceptors (Lipinski definition) is 1. The molecule has 0 atom stereocenters. The largest absolute Gasteiger partial charge is 0.325 e. The third kappa shape index (κ3) is 2.24. The molecule has 1 saturated heterocycles. The second kappa shape index (κ2) is 4.34. The van der Waals surface area contributed by atoms with Crippen LogP contribution in [-0.4, -0.2) is 10.9 Å². The van der Waals surface area contributed by atoms with Gasteiger partial charge in [-0.05, 0) is 22.9 Å². The average molecular weight is 243 g/mol. The number of amides is 1. The van der Waals surface area contributed by atoms with Gasteiger partial charge in [-0.3, -0.25) is 4.79 Å². The van der Waals surface area contributed by atoms with Gasteiger partial charge in [0, 0.05) is 22.7 Å². The number of hydrogen-bond donors (Lipinski definition) is 2. The van der Waals surface area contributed by atoms with E-state index in [1.54, 1.807) is 0 Å². The van der Waals surface area contributed by atoms with Gasteiger partial charge >= 0.3 is 0 Å². The molecule has 1 heterocycles. The maximum atomic E-state index is 11.1. The minimum absolute atomic E-state index is 0.147. The molecule has 0 unspecified atom stereocenters. The summed E-state index contributed by atoms with van der Waals surface area (Å²) in [6.45, 7) is 0. The third-order valence-corrected chi connectivity index (χ3v) is 4.01. The van der Waals surface area contributed by atoms with Crippen LogP contribution in [-0.2, 0) is 4.79 Å². The van der Waals surface area contributed by atoms with Crippen molar-refractivity contribution in [3.63, 3.8) is 0 Å². The molecule has 0 aliphatic carbocycles. The average Bonchev–Trinajstić information content (AvgIpc) is 2.75. The van der Waals surface area contributed by atoms with Crippen LogP contribution in [0.4, 0.5) is 0 Å². The van der Waals surface area contributed by atoms with Gasteiger partial charge in [-0.25, -0.2) is 0 Å². The Morgan fingerprint density at radius 3 is 2.59 bits per heavy atom. The summed E-state index contributed by atoms with van der Waals surface area (Å²) in [6, 6.07) is 14.8. The lowest BCUT2D eigenvalue weighted by Gasteiger charge is -2.01. The molecular formula is C14H13NOS. The smallest absolute Gasteiger partial charge is 0.224 e. The molecule has 0 saturated carbocycles. The van der Waals surface area contributed by atoms with Crippen molar-refractivity contribution in [1.29, 1.82) is 0 Å². The molecule has 86 valence electrons. The van der Waals surface area contributed by atoms with Gasteiger partial charge in [-0.15, -0.1) is 11.4 Å². The maximum absolute atomic E-state index is 11.1. The van der Waals surface area contributed by atoms with Crippen molar-refractivity contribution in [3.8, 4) is 0 Å². The quantitative estimate of drug-likeness (QED) is 0.585. The molecule has 2 nitrogen and oxygen atoms in total. The van der Waals surface area contributed by atoms with Gasteiger partial charge in [-0.2, -0.15) is 0 Å². The predicted octanol–water partition coefficient (Wildman–Crippen LogP) is 2.70. The molecule has 1 fully saturated rings. The van der Waals surface area contributed by atoms with E-state index in [0.29, 0.717) is 6.42 Å². The fourth-order valence-corrected chi connectivity index (χ4v) is 3.07. The standard InChI is InChI=1S/C14H13NOS/c16-13-7-8-14(15-13)17-12-6-5-10-3-1-2-4-11(10)9-12/h1-6,9,17H,7-8H2,(H,15,16). The van der Waals surface area contributed by atoms with Gasteiger partial charge < -0.3 is 5.32 Å². The topological polar surface area (TPSA) is 29.1 Å². The highest BCUT2D eigenvalue weighted by Crippen LogP contribution is 2.21. The van der Waals surface area contributed by atoms with Gasteiger partial charge in [0.05, 0.1) is 0 Å². The van der Waals surface area contributed by atoms with Crippen LogP contribution in [0.15, 0.2) is 47.4 Å². The number of carbonyl (C=O) groups excluding carboxylic acids is 1. The summed E-state index contributed by atoms with van der Waals surface area (Å²) in [4.78, 5) is 13.5. The first-order valence-corrected chi connectivity index (χ1v) is 6.57. The van der Waals surface area contributed by atoms with Crippen molar-refractivity contribution in [2.75, 3.05) is 0 Å². The highest BCUT2D eigenvalue weighted by Gasteiger charge is 2.13. The molecule has 0 aromatic heterocycles. The van der Waals surface area contributed by atoms with Gasteiger partial charge in [-0.1, -0.05) is 30.3 Å². The van der Waals surface area contributed by atoms with Crippen LogP contribution in [0.25, 0.3) is 10.8 Å². The highest BCUT2D eigenvalue weighted by atomic mass is 32.1. The Morgan fingerprint density at radius 2 is 1.82 bits per heavy atom. The molecule has 17 heavy (non-hydrogen) atoms. The van der Waals surface area contributed by atoms with Gasteiger partial charge in [0.2, 0.25) is 5.91 Å². The monoisotopic (exact) mass is 243 g/mol. The van der Waals surface area contributed by atoms with Crippen LogP contribution in [0.1, 0.15) is 12.8 Å². The Morgan fingerprint density at radius 1 is 1.00 bits per heavy atom. The van der Waals surface area contributed by atoms with E-state index in [1.807, 2.05) is 12.1 Å². The van der Waals surface area contributed by atoms with Crippen molar-refractivity contribution >= 4 is 33.0 Å². The van der Waals surface area contributed by atoms with Gasteiger partial charge in [0.25, 0.3) is 0 Å². The molecule has 2 aromatic rings. The van der Waals surface area contributed by atoms with Crippen LogP contribution in [0.5, 0.6) is 0 Å². The first kappa shape index (κ1) is 10.5. The minimum atomic E-state index is 0.147. The van der Waals surface area contributed by atoms with E-state index in [1.165, 1.54) is 15.7 Å². The molecular weight excluding hydrogens is 230 g/mol. The number of carbonyl (C=O) groups is 1. The van der Waals surface area contributed by atoms with E-state index in [4.69, 9.17) is 0 Å². The number of benzene rings is 2. The highest BCUT2D eigenvalue weighted by molar-refractivity contribution is 7.98. The Bertz CT molecular complexity index is 618. The summed E-state index contributed by atoms with van der Waals surface area (Å²) < 4.78 is 0. The zero-order chi connectivity index (χ0) is 11.7. The summed E-state index contributed by atoms with van der Waals surface area (Å²) in [7, 11) is 0. The summed E-state index contributed by atoms with van der Waals surface area (Å²) in [5.74, 6) is 0.147. The molecule has 0 bridgehead atoms. The van der Waals surface area contributed by atoms with E-state index in [9.17, 15) is 4.79 Å². The van der Waals surface area contributed by atoms with Crippen molar-refractivity contribution in [2.24, 2.45) is 0 Å².